The van der Waals surface area contributed by atoms with Crippen LogP contribution in [0.3, 0.4) is 0 Å². The van der Waals surface area contributed by atoms with Gasteiger partial charge in [-0.25, -0.2) is 8.42 Å². The van der Waals surface area contributed by atoms with E-state index in [2.05, 4.69) is 20.7 Å². The van der Waals surface area contributed by atoms with Crippen molar-refractivity contribution in [1.29, 1.82) is 0 Å². The second-order valence-corrected chi connectivity index (χ2v) is 7.40. The lowest BCUT2D eigenvalue weighted by Gasteiger charge is -2.21. The standard InChI is InChI=1S/C13H17BrN2O3S/c1-16-9-5-4-7-11(13(16)17)15-20(18,19)12-8-3-2-6-10(12)14/h2-3,6,8,11,15H,4-5,7,9H2,1H3. The third kappa shape index (κ3) is 3.39. The van der Waals surface area contributed by atoms with E-state index < -0.39 is 16.1 Å². The number of likely N-dealkylation sites (tertiary alicyclic amines) is 1. The number of hydrogen-bond donors (Lipinski definition) is 1. The molecular weight excluding hydrogens is 344 g/mol. The summed E-state index contributed by atoms with van der Waals surface area (Å²) in [6, 6.07) is 5.89. The highest BCUT2D eigenvalue weighted by molar-refractivity contribution is 9.10. The summed E-state index contributed by atoms with van der Waals surface area (Å²) in [5.41, 5.74) is 0. The van der Waals surface area contributed by atoms with E-state index in [1.165, 1.54) is 6.07 Å². The molecule has 0 aromatic heterocycles. The zero-order chi connectivity index (χ0) is 14.8. The molecule has 0 spiro atoms. The molecule has 0 aliphatic carbocycles. The van der Waals surface area contributed by atoms with Crippen LogP contribution in [0.5, 0.6) is 0 Å². The molecule has 110 valence electrons. The fourth-order valence-electron chi connectivity index (χ4n) is 2.22. The zero-order valence-corrected chi connectivity index (χ0v) is 13.6. The fourth-order valence-corrected chi connectivity index (χ4v) is 4.45. The second kappa shape index (κ2) is 6.24. The fraction of sp³-hybridized carbons (Fsp3) is 0.462. The lowest BCUT2D eigenvalue weighted by molar-refractivity contribution is -0.131. The van der Waals surface area contributed by atoms with E-state index in [4.69, 9.17) is 0 Å². The Labute approximate surface area is 127 Å². The van der Waals surface area contributed by atoms with E-state index >= 15 is 0 Å². The lowest BCUT2D eigenvalue weighted by atomic mass is 10.1. The van der Waals surface area contributed by atoms with Gasteiger partial charge in [0.1, 0.15) is 6.04 Å². The van der Waals surface area contributed by atoms with Gasteiger partial charge in [-0.05, 0) is 47.3 Å². The van der Waals surface area contributed by atoms with Crippen LogP contribution in [-0.4, -0.2) is 38.9 Å². The average molecular weight is 361 g/mol. The first-order valence-corrected chi connectivity index (χ1v) is 8.71. The van der Waals surface area contributed by atoms with Gasteiger partial charge in [0.2, 0.25) is 15.9 Å². The molecule has 1 amide bonds. The van der Waals surface area contributed by atoms with Crippen LogP contribution in [0.1, 0.15) is 19.3 Å². The first kappa shape index (κ1) is 15.5. The van der Waals surface area contributed by atoms with Crippen molar-refractivity contribution in [3.8, 4) is 0 Å². The number of amides is 1. The molecule has 1 N–H and O–H groups in total. The number of nitrogens with zero attached hydrogens (tertiary/aromatic N) is 1. The summed E-state index contributed by atoms with van der Waals surface area (Å²) in [6.45, 7) is 0.673. The number of halogens is 1. The van der Waals surface area contributed by atoms with E-state index in [1.54, 1.807) is 30.1 Å². The van der Waals surface area contributed by atoms with Crippen LogP contribution < -0.4 is 4.72 Å². The summed E-state index contributed by atoms with van der Waals surface area (Å²) in [5.74, 6) is -0.168. The molecule has 1 aromatic rings. The molecule has 2 rings (SSSR count). The number of nitrogens with one attached hydrogen (secondary N) is 1. The first-order chi connectivity index (χ1) is 9.42. The maximum absolute atomic E-state index is 12.4. The Morgan fingerprint density at radius 3 is 2.70 bits per heavy atom. The van der Waals surface area contributed by atoms with Gasteiger partial charge in [0.15, 0.2) is 0 Å². The van der Waals surface area contributed by atoms with Gasteiger partial charge in [-0.15, -0.1) is 0 Å². The molecule has 1 aliphatic heterocycles. The molecule has 20 heavy (non-hydrogen) atoms. The number of hydrogen-bond acceptors (Lipinski definition) is 3. The van der Waals surface area contributed by atoms with Crippen molar-refractivity contribution < 1.29 is 13.2 Å². The summed E-state index contributed by atoms with van der Waals surface area (Å²) >= 11 is 3.22. The summed E-state index contributed by atoms with van der Waals surface area (Å²) in [4.78, 5) is 13.9. The van der Waals surface area contributed by atoms with E-state index in [0.29, 0.717) is 17.4 Å². The maximum atomic E-state index is 12.4. The highest BCUT2D eigenvalue weighted by Gasteiger charge is 2.30. The Bertz CT molecular complexity index is 603. The first-order valence-electron chi connectivity index (χ1n) is 6.43. The molecule has 1 unspecified atom stereocenters. The van der Waals surface area contributed by atoms with Crippen LogP contribution in [0.25, 0.3) is 0 Å². The van der Waals surface area contributed by atoms with Crippen LogP contribution >= 0.6 is 15.9 Å². The van der Waals surface area contributed by atoms with Crippen molar-refractivity contribution in [3.63, 3.8) is 0 Å². The van der Waals surface area contributed by atoms with Gasteiger partial charge in [-0.2, -0.15) is 4.72 Å². The topological polar surface area (TPSA) is 66.5 Å². The van der Waals surface area contributed by atoms with Crippen LogP contribution in [-0.2, 0) is 14.8 Å². The molecule has 1 atom stereocenters. The molecular formula is C13H17BrN2O3S. The van der Waals surface area contributed by atoms with Crippen LogP contribution in [0, 0.1) is 0 Å². The predicted molar refractivity (Wildman–Crippen MR) is 79.7 cm³/mol. The summed E-state index contributed by atoms with van der Waals surface area (Å²) in [5, 5.41) is 0. The third-order valence-electron chi connectivity index (χ3n) is 3.33. The Morgan fingerprint density at radius 2 is 2.00 bits per heavy atom. The van der Waals surface area contributed by atoms with Gasteiger partial charge in [0.25, 0.3) is 0 Å². The van der Waals surface area contributed by atoms with Crippen molar-refractivity contribution >= 4 is 31.9 Å². The number of carbonyl (C=O) groups is 1. The van der Waals surface area contributed by atoms with Gasteiger partial charge < -0.3 is 4.90 Å². The second-order valence-electron chi connectivity index (χ2n) is 4.86. The summed E-state index contributed by atoms with van der Waals surface area (Å²) in [6.07, 6.45) is 2.27. The zero-order valence-electron chi connectivity index (χ0n) is 11.2. The Morgan fingerprint density at radius 1 is 1.30 bits per heavy atom. The van der Waals surface area contributed by atoms with Gasteiger partial charge in [0.05, 0.1) is 4.90 Å². The molecule has 1 aromatic carbocycles. The van der Waals surface area contributed by atoms with Crippen LogP contribution in [0.15, 0.2) is 33.6 Å². The molecule has 0 bridgehead atoms. The molecule has 0 radical (unpaired) electrons. The molecule has 0 saturated carbocycles. The quantitative estimate of drug-likeness (QED) is 0.892. The number of benzene rings is 1. The monoisotopic (exact) mass is 360 g/mol. The number of sulfonamides is 1. The summed E-state index contributed by atoms with van der Waals surface area (Å²) < 4.78 is 27.8. The predicted octanol–water partition coefficient (Wildman–Crippen LogP) is 1.74. The largest absolute Gasteiger partial charge is 0.344 e. The average Bonchev–Trinajstić information content (AvgIpc) is 2.54. The smallest absolute Gasteiger partial charge is 0.242 e. The van der Waals surface area contributed by atoms with E-state index in [0.717, 1.165) is 12.8 Å². The van der Waals surface area contributed by atoms with Gasteiger partial charge in [0, 0.05) is 18.1 Å². The van der Waals surface area contributed by atoms with E-state index in [9.17, 15) is 13.2 Å². The molecule has 1 aliphatic rings. The summed E-state index contributed by atoms with van der Waals surface area (Å²) in [7, 11) is -2.01. The number of likely N-dealkylation sites (N-methyl/N-ethyl adjacent to an activating group) is 1. The van der Waals surface area contributed by atoms with E-state index in [-0.39, 0.29) is 10.8 Å². The minimum Gasteiger partial charge on any atom is -0.344 e. The van der Waals surface area contributed by atoms with Crippen LogP contribution in [0.4, 0.5) is 0 Å². The van der Waals surface area contributed by atoms with Crippen molar-refractivity contribution in [2.75, 3.05) is 13.6 Å². The minimum absolute atomic E-state index is 0.153. The molecule has 1 fully saturated rings. The highest BCUT2D eigenvalue weighted by atomic mass is 79.9. The number of rotatable bonds is 3. The van der Waals surface area contributed by atoms with Crippen molar-refractivity contribution in [2.24, 2.45) is 0 Å². The van der Waals surface area contributed by atoms with Crippen LogP contribution in [0.2, 0.25) is 0 Å². The molecule has 1 heterocycles. The SMILES string of the molecule is CN1CCCCC(NS(=O)(=O)c2ccccc2Br)C1=O. The molecule has 7 heteroatoms. The minimum atomic E-state index is -3.71. The highest BCUT2D eigenvalue weighted by Crippen LogP contribution is 2.22. The lowest BCUT2D eigenvalue weighted by Crippen LogP contribution is -2.46. The van der Waals surface area contributed by atoms with Crippen molar-refractivity contribution in [1.82, 2.24) is 9.62 Å². The van der Waals surface area contributed by atoms with E-state index in [1.807, 2.05) is 0 Å². The van der Waals surface area contributed by atoms with Gasteiger partial charge >= 0.3 is 0 Å². The Kier molecular flexibility index (Phi) is 4.82. The van der Waals surface area contributed by atoms with Gasteiger partial charge in [-0.3, -0.25) is 4.79 Å². The molecule has 5 nitrogen and oxygen atoms in total. The van der Waals surface area contributed by atoms with Crippen molar-refractivity contribution in [3.05, 3.63) is 28.7 Å². The third-order valence-corrected chi connectivity index (χ3v) is 5.82. The number of carbonyl (C=O) groups excluding carboxylic acids is 1. The Hall–Kier alpha value is -0.920. The Balaban J connectivity index is 2.24. The van der Waals surface area contributed by atoms with Crippen molar-refractivity contribution in [2.45, 2.75) is 30.2 Å². The van der Waals surface area contributed by atoms with Gasteiger partial charge in [-0.1, -0.05) is 12.1 Å². The molecule has 1 saturated heterocycles. The maximum Gasteiger partial charge on any atom is 0.242 e. The normalized spacial score (nSPS) is 20.8.